The fourth-order valence-corrected chi connectivity index (χ4v) is 3.94. The molecule has 1 aromatic carbocycles. The SMILES string of the molecule is BrCC1CN=C(N2CCCc3ccccc32)S1. The van der Waals surface area contributed by atoms with Crippen molar-refractivity contribution >= 4 is 38.5 Å². The Kier molecular flexibility index (Phi) is 3.43. The van der Waals surface area contributed by atoms with E-state index in [0.29, 0.717) is 5.25 Å². The highest BCUT2D eigenvalue weighted by Gasteiger charge is 2.26. The molecule has 2 nitrogen and oxygen atoms in total. The minimum atomic E-state index is 0.610. The summed E-state index contributed by atoms with van der Waals surface area (Å²) in [5.74, 6) is 0. The number of aryl methyl sites for hydroxylation is 1. The largest absolute Gasteiger partial charge is 0.321 e. The summed E-state index contributed by atoms with van der Waals surface area (Å²) >= 11 is 5.46. The lowest BCUT2D eigenvalue weighted by molar-refractivity contribution is 0.780. The van der Waals surface area contributed by atoms with Crippen molar-refractivity contribution in [3.63, 3.8) is 0 Å². The van der Waals surface area contributed by atoms with Crippen LogP contribution in [0.5, 0.6) is 0 Å². The molecular formula is C13H15BrN2S. The van der Waals surface area contributed by atoms with E-state index in [-0.39, 0.29) is 0 Å². The van der Waals surface area contributed by atoms with E-state index in [1.165, 1.54) is 29.3 Å². The topological polar surface area (TPSA) is 15.6 Å². The number of anilines is 1. The van der Waals surface area contributed by atoms with Gasteiger partial charge in [-0.25, -0.2) is 0 Å². The van der Waals surface area contributed by atoms with E-state index in [1.807, 2.05) is 11.8 Å². The zero-order valence-electron chi connectivity index (χ0n) is 9.60. The molecule has 1 aromatic rings. The summed E-state index contributed by atoms with van der Waals surface area (Å²) in [7, 11) is 0. The Hall–Kier alpha value is -0.480. The van der Waals surface area contributed by atoms with Gasteiger partial charge in [0.05, 0.1) is 6.54 Å². The van der Waals surface area contributed by atoms with Crippen LogP contribution in [-0.2, 0) is 6.42 Å². The fraction of sp³-hybridized carbons (Fsp3) is 0.462. The number of amidine groups is 1. The third-order valence-electron chi connectivity index (χ3n) is 3.22. The monoisotopic (exact) mass is 310 g/mol. The van der Waals surface area contributed by atoms with Gasteiger partial charge in [0, 0.05) is 22.8 Å². The molecule has 0 aromatic heterocycles. The Balaban J connectivity index is 1.86. The van der Waals surface area contributed by atoms with Gasteiger partial charge in [-0.05, 0) is 24.5 Å². The summed E-state index contributed by atoms with van der Waals surface area (Å²) < 4.78 is 0. The van der Waals surface area contributed by atoms with E-state index in [4.69, 9.17) is 0 Å². The van der Waals surface area contributed by atoms with Gasteiger partial charge >= 0.3 is 0 Å². The summed E-state index contributed by atoms with van der Waals surface area (Å²) in [6.45, 7) is 2.06. The van der Waals surface area contributed by atoms with E-state index in [2.05, 4.69) is 50.1 Å². The van der Waals surface area contributed by atoms with Gasteiger partial charge in [-0.1, -0.05) is 45.9 Å². The Morgan fingerprint density at radius 1 is 1.41 bits per heavy atom. The molecular weight excluding hydrogens is 296 g/mol. The molecule has 0 radical (unpaired) electrons. The Morgan fingerprint density at radius 2 is 2.29 bits per heavy atom. The molecule has 0 fully saturated rings. The van der Waals surface area contributed by atoms with Crippen LogP contribution in [0.1, 0.15) is 12.0 Å². The van der Waals surface area contributed by atoms with Gasteiger partial charge in [0.1, 0.15) is 0 Å². The van der Waals surface area contributed by atoms with Crippen molar-refractivity contribution in [1.82, 2.24) is 0 Å². The summed E-state index contributed by atoms with van der Waals surface area (Å²) in [4.78, 5) is 7.08. The molecule has 0 N–H and O–H groups in total. The quantitative estimate of drug-likeness (QED) is 0.740. The number of aliphatic imine (C=N–C) groups is 1. The zero-order chi connectivity index (χ0) is 11.7. The van der Waals surface area contributed by atoms with Crippen molar-refractivity contribution in [1.29, 1.82) is 0 Å². The predicted molar refractivity (Wildman–Crippen MR) is 79.6 cm³/mol. The van der Waals surface area contributed by atoms with Gasteiger partial charge < -0.3 is 4.90 Å². The maximum absolute atomic E-state index is 4.69. The number of benzene rings is 1. The number of rotatable bonds is 1. The standard InChI is InChI=1S/C13H15BrN2S/c14-8-11-9-15-13(17-11)16-7-3-5-10-4-1-2-6-12(10)16/h1-2,4,6,11H,3,5,7-9H2. The molecule has 2 aliphatic heterocycles. The second-order valence-electron chi connectivity index (χ2n) is 4.40. The smallest absolute Gasteiger partial charge is 0.164 e. The maximum Gasteiger partial charge on any atom is 0.164 e. The lowest BCUT2D eigenvalue weighted by Gasteiger charge is -2.30. The minimum absolute atomic E-state index is 0.610. The first-order valence-electron chi connectivity index (χ1n) is 6.01. The number of alkyl halides is 1. The van der Waals surface area contributed by atoms with Gasteiger partial charge in [0.2, 0.25) is 0 Å². The summed E-state index contributed by atoms with van der Waals surface area (Å²) in [5, 5.41) is 2.85. The lowest BCUT2D eigenvalue weighted by atomic mass is 10.0. The maximum atomic E-state index is 4.69. The van der Waals surface area contributed by atoms with Gasteiger partial charge in [-0.15, -0.1) is 0 Å². The molecule has 0 aliphatic carbocycles. The van der Waals surface area contributed by atoms with E-state index < -0.39 is 0 Å². The van der Waals surface area contributed by atoms with Crippen LogP contribution >= 0.6 is 27.7 Å². The minimum Gasteiger partial charge on any atom is -0.321 e. The number of hydrogen-bond acceptors (Lipinski definition) is 3. The molecule has 1 unspecified atom stereocenters. The highest BCUT2D eigenvalue weighted by Crippen LogP contribution is 2.33. The molecule has 4 heteroatoms. The van der Waals surface area contributed by atoms with Crippen molar-refractivity contribution in [2.75, 3.05) is 23.3 Å². The van der Waals surface area contributed by atoms with Crippen molar-refractivity contribution in [3.05, 3.63) is 29.8 Å². The van der Waals surface area contributed by atoms with Crippen LogP contribution in [0.3, 0.4) is 0 Å². The van der Waals surface area contributed by atoms with Crippen LogP contribution < -0.4 is 4.90 Å². The van der Waals surface area contributed by atoms with Crippen molar-refractivity contribution in [2.24, 2.45) is 4.99 Å². The average molecular weight is 311 g/mol. The fourth-order valence-electron chi connectivity index (χ4n) is 2.37. The highest BCUT2D eigenvalue weighted by atomic mass is 79.9. The third-order valence-corrected chi connectivity index (χ3v) is 5.64. The molecule has 0 bridgehead atoms. The Morgan fingerprint density at radius 3 is 3.12 bits per heavy atom. The summed E-state index contributed by atoms with van der Waals surface area (Å²) in [5.41, 5.74) is 2.82. The summed E-state index contributed by atoms with van der Waals surface area (Å²) in [6, 6.07) is 8.72. The van der Waals surface area contributed by atoms with E-state index in [9.17, 15) is 0 Å². The molecule has 17 heavy (non-hydrogen) atoms. The van der Waals surface area contributed by atoms with E-state index in [0.717, 1.165) is 18.4 Å². The lowest BCUT2D eigenvalue weighted by Crippen LogP contribution is -2.33. The predicted octanol–water partition coefficient (Wildman–Crippen LogP) is 3.31. The molecule has 1 atom stereocenters. The van der Waals surface area contributed by atoms with Crippen molar-refractivity contribution in [2.45, 2.75) is 18.1 Å². The molecule has 90 valence electrons. The van der Waals surface area contributed by atoms with E-state index >= 15 is 0 Å². The molecule has 0 saturated heterocycles. The molecule has 2 aliphatic rings. The second-order valence-corrected chi connectivity index (χ2v) is 6.32. The number of hydrogen-bond donors (Lipinski definition) is 0. The molecule has 3 rings (SSSR count). The number of fused-ring (bicyclic) bond motifs is 1. The van der Waals surface area contributed by atoms with Crippen LogP contribution in [0.25, 0.3) is 0 Å². The van der Waals surface area contributed by atoms with Gasteiger partial charge in [-0.3, -0.25) is 4.99 Å². The van der Waals surface area contributed by atoms with E-state index in [1.54, 1.807) is 0 Å². The van der Waals surface area contributed by atoms with Crippen molar-refractivity contribution < 1.29 is 0 Å². The first-order valence-corrected chi connectivity index (χ1v) is 8.01. The normalized spacial score (nSPS) is 23.5. The second kappa shape index (κ2) is 5.02. The van der Waals surface area contributed by atoms with Gasteiger partial charge in [-0.2, -0.15) is 0 Å². The average Bonchev–Trinajstić information content (AvgIpc) is 2.87. The highest BCUT2D eigenvalue weighted by molar-refractivity contribution is 9.09. The number of halogens is 1. The first kappa shape index (κ1) is 11.6. The number of para-hydroxylation sites is 1. The molecule has 0 spiro atoms. The van der Waals surface area contributed by atoms with Gasteiger partial charge in [0.15, 0.2) is 5.17 Å². The first-order chi connectivity index (χ1) is 8.38. The van der Waals surface area contributed by atoms with Crippen LogP contribution in [0.15, 0.2) is 29.3 Å². The molecule has 0 saturated carbocycles. The van der Waals surface area contributed by atoms with Crippen LogP contribution in [0.4, 0.5) is 5.69 Å². The molecule has 2 heterocycles. The summed E-state index contributed by atoms with van der Waals surface area (Å²) in [6.07, 6.45) is 2.43. The Labute approximate surface area is 115 Å². The number of thioether (sulfide) groups is 1. The number of nitrogens with zero attached hydrogens (tertiary/aromatic N) is 2. The molecule has 0 amide bonds. The van der Waals surface area contributed by atoms with Crippen LogP contribution in [0, 0.1) is 0 Å². The van der Waals surface area contributed by atoms with Gasteiger partial charge in [0.25, 0.3) is 0 Å². The van der Waals surface area contributed by atoms with Crippen LogP contribution in [0.2, 0.25) is 0 Å². The zero-order valence-corrected chi connectivity index (χ0v) is 12.0. The Bertz CT molecular complexity index is 447. The van der Waals surface area contributed by atoms with Crippen molar-refractivity contribution in [3.8, 4) is 0 Å². The van der Waals surface area contributed by atoms with Crippen LogP contribution in [-0.4, -0.2) is 28.8 Å². The third kappa shape index (κ3) is 2.25.